The Morgan fingerprint density at radius 3 is 3.00 bits per heavy atom. The molecule has 0 bridgehead atoms. The zero-order valence-electron chi connectivity index (χ0n) is 11.1. The predicted octanol–water partition coefficient (Wildman–Crippen LogP) is 2.45. The first-order valence-corrected chi connectivity index (χ1v) is 6.54. The highest BCUT2D eigenvalue weighted by Gasteiger charge is 2.34. The zero-order chi connectivity index (χ0) is 13.1. The number of aromatic nitrogens is 1. The average Bonchev–Trinajstić information content (AvgIpc) is 2.94. The van der Waals surface area contributed by atoms with Crippen LogP contribution in [0.2, 0.25) is 0 Å². The molecule has 1 aliphatic rings. The van der Waals surface area contributed by atoms with Crippen molar-refractivity contribution in [1.29, 1.82) is 0 Å². The lowest BCUT2D eigenvalue weighted by Gasteiger charge is -2.26. The highest BCUT2D eigenvalue weighted by atomic mass is 16.5. The van der Waals surface area contributed by atoms with Gasteiger partial charge in [0.05, 0.1) is 12.1 Å². The summed E-state index contributed by atoms with van der Waals surface area (Å²) >= 11 is 0. The van der Waals surface area contributed by atoms with Crippen LogP contribution in [0.4, 0.5) is 5.82 Å². The summed E-state index contributed by atoms with van der Waals surface area (Å²) in [5.74, 6) is 0.877. The van der Waals surface area contributed by atoms with E-state index in [1.54, 1.807) is 7.11 Å². The number of hydrogen-bond donors (Lipinski definition) is 1. The summed E-state index contributed by atoms with van der Waals surface area (Å²) in [6.07, 6.45) is 0.921. The number of ether oxygens (including phenoxy) is 2. The van der Waals surface area contributed by atoms with E-state index in [1.165, 1.54) is 0 Å². The number of rotatable bonds is 4. The number of nitrogens with one attached hydrogen (secondary N) is 1. The summed E-state index contributed by atoms with van der Waals surface area (Å²) in [4.78, 5) is 4.59. The Kier molecular flexibility index (Phi) is 3.36. The molecule has 4 nitrogen and oxygen atoms in total. The first-order chi connectivity index (χ1) is 9.31. The maximum atomic E-state index is 5.59. The lowest BCUT2D eigenvalue weighted by Crippen LogP contribution is -2.39. The van der Waals surface area contributed by atoms with Crippen molar-refractivity contribution < 1.29 is 9.47 Å². The Bertz CT molecular complexity index is 565. The van der Waals surface area contributed by atoms with Crippen LogP contribution < -0.4 is 5.32 Å². The molecule has 0 saturated carbocycles. The van der Waals surface area contributed by atoms with Crippen LogP contribution in [0.1, 0.15) is 6.42 Å². The van der Waals surface area contributed by atoms with Crippen LogP contribution in [-0.4, -0.2) is 37.5 Å². The van der Waals surface area contributed by atoms with E-state index in [4.69, 9.17) is 9.47 Å². The number of methoxy groups -OCH3 is 1. The Balaban J connectivity index is 1.74. The summed E-state index contributed by atoms with van der Waals surface area (Å²) in [6.45, 7) is 2.12. The van der Waals surface area contributed by atoms with Gasteiger partial charge in [0.25, 0.3) is 0 Å². The van der Waals surface area contributed by atoms with E-state index in [0.717, 1.165) is 36.3 Å². The lowest BCUT2D eigenvalue weighted by atomic mass is 10.0. The molecule has 1 saturated heterocycles. The predicted molar refractivity (Wildman–Crippen MR) is 75.4 cm³/mol. The van der Waals surface area contributed by atoms with Crippen molar-refractivity contribution in [2.45, 2.75) is 12.0 Å². The molecule has 1 N–H and O–H groups in total. The summed E-state index contributed by atoms with van der Waals surface area (Å²) in [7, 11) is 1.74. The fourth-order valence-electron chi connectivity index (χ4n) is 2.38. The normalized spacial score (nSPS) is 22.8. The van der Waals surface area contributed by atoms with E-state index in [2.05, 4.69) is 22.4 Å². The van der Waals surface area contributed by atoms with Crippen LogP contribution >= 0.6 is 0 Å². The second-order valence-corrected chi connectivity index (χ2v) is 4.93. The average molecular weight is 258 g/mol. The van der Waals surface area contributed by atoms with Gasteiger partial charge in [-0.05, 0) is 18.2 Å². The Hall–Kier alpha value is -1.65. The number of nitrogens with zero attached hydrogens (tertiary/aromatic N) is 1. The molecule has 1 fully saturated rings. The fraction of sp³-hybridized carbons (Fsp3) is 0.400. The van der Waals surface area contributed by atoms with E-state index in [9.17, 15) is 0 Å². The quantitative estimate of drug-likeness (QED) is 0.914. The smallest absolute Gasteiger partial charge is 0.126 e. The van der Waals surface area contributed by atoms with Gasteiger partial charge in [0.2, 0.25) is 0 Å². The minimum Gasteiger partial charge on any atom is -0.378 e. The monoisotopic (exact) mass is 258 g/mol. The van der Waals surface area contributed by atoms with E-state index in [1.807, 2.05) is 24.3 Å². The van der Waals surface area contributed by atoms with Crippen LogP contribution in [0.5, 0.6) is 0 Å². The molecular formula is C15H18N2O2. The van der Waals surface area contributed by atoms with Gasteiger partial charge in [-0.2, -0.15) is 0 Å². The third-order valence-corrected chi connectivity index (χ3v) is 3.69. The highest BCUT2D eigenvalue weighted by molar-refractivity contribution is 5.80. The Morgan fingerprint density at radius 1 is 1.32 bits per heavy atom. The van der Waals surface area contributed by atoms with Gasteiger partial charge in [-0.15, -0.1) is 0 Å². The van der Waals surface area contributed by atoms with Gasteiger partial charge in [-0.3, -0.25) is 0 Å². The van der Waals surface area contributed by atoms with Crippen LogP contribution in [0.15, 0.2) is 36.4 Å². The second-order valence-electron chi connectivity index (χ2n) is 4.93. The van der Waals surface area contributed by atoms with E-state index >= 15 is 0 Å². The maximum Gasteiger partial charge on any atom is 0.126 e. The largest absolute Gasteiger partial charge is 0.378 e. The molecule has 19 heavy (non-hydrogen) atoms. The van der Waals surface area contributed by atoms with E-state index in [0.29, 0.717) is 6.61 Å². The number of fused-ring (bicyclic) bond motifs is 1. The molecule has 1 atom stereocenters. The Labute approximate surface area is 112 Å². The third kappa shape index (κ3) is 2.55. The summed E-state index contributed by atoms with van der Waals surface area (Å²) in [5, 5.41) is 4.51. The minimum absolute atomic E-state index is 0.215. The number of anilines is 1. The molecule has 0 radical (unpaired) electrons. The van der Waals surface area contributed by atoms with Crippen molar-refractivity contribution in [2.24, 2.45) is 0 Å². The molecule has 1 aromatic carbocycles. The van der Waals surface area contributed by atoms with Crippen molar-refractivity contribution >= 4 is 16.7 Å². The molecule has 100 valence electrons. The van der Waals surface area contributed by atoms with E-state index in [-0.39, 0.29) is 5.60 Å². The highest BCUT2D eigenvalue weighted by Crippen LogP contribution is 2.23. The van der Waals surface area contributed by atoms with Gasteiger partial charge in [-0.1, -0.05) is 18.2 Å². The lowest BCUT2D eigenvalue weighted by molar-refractivity contribution is -0.00624. The van der Waals surface area contributed by atoms with Crippen LogP contribution in [0.25, 0.3) is 10.9 Å². The van der Waals surface area contributed by atoms with Crippen LogP contribution in [-0.2, 0) is 9.47 Å². The first kappa shape index (κ1) is 12.4. The molecule has 0 spiro atoms. The Morgan fingerprint density at radius 2 is 2.21 bits per heavy atom. The third-order valence-electron chi connectivity index (χ3n) is 3.69. The van der Waals surface area contributed by atoms with Crippen molar-refractivity contribution in [3.8, 4) is 0 Å². The van der Waals surface area contributed by atoms with Crippen molar-refractivity contribution in [2.75, 3.05) is 32.2 Å². The molecule has 0 amide bonds. The van der Waals surface area contributed by atoms with Gasteiger partial charge in [-0.25, -0.2) is 4.98 Å². The molecular weight excluding hydrogens is 240 g/mol. The molecule has 1 unspecified atom stereocenters. The number of para-hydroxylation sites is 1. The van der Waals surface area contributed by atoms with Gasteiger partial charge in [0, 0.05) is 32.1 Å². The summed E-state index contributed by atoms with van der Waals surface area (Å²) < 4.78 is 11.0. The molecule has 1 aromatic heterocycles. The molecule has 1 aliphatic heterocycles. The van der Waals surface area contributed by atoms with E-state index < -0.39 is 0 Å². The number of benzene rings is 1. The van der Waals surface area contributed by atoms with Crippen molar-refractivity contribution in [1.82, 2.24) is 4.98 Å². The number of hydrogen-bond acceptors (Lipinski definition) is 4. The van der Waals surface area contributed by atoms with Crippen LogP contribution in [0.3, 0.4) is 0 Å². The molecule has 4 heteroatoms. The van der Waals surface area contributed by atoms with Crippen molar-refractivity contribution in [3.63, 3.8) is 0 Å². The second kappa shape index (κ2) is 5.15. The van der Waals surface area contributed by atoms with Gasteiger partial charge in [0.1, 0.15) is 11.4 Å². The van der Waals surface area contributed by atoms with Crippen LogP contribution in [0, 0.1) is 0 Å². The summed E-state index contributed by atoms with van der Waals surface area (Å²) in [6, 6.07) is 12.2. The van der Waals surface area contributed by atoms with Crippen molar-refractivity contribution in [3.05, 3.63) is 36.4 Å². The van der Waals surface area contributed by atoms with Gasteiger partial charge < -0.3 is 14.8 Å². The topological polar surface area (TPSA) is 43.4 Å². The standard InChI is InChI=1S/C15H18N2O2/c1-18-15(8-9-19-11-15)10-16-14-7-6-12-4-2-3-5-13(12)17-14/h2-7H,8-11H2,1H3,(H,16,17). The summed E-state index contributed by atoms with van der Waals surface area (Å²) in [5.41, 5.74) is 0.787. The molecule has 0 aliphatic carbocycles. The minimum atomic E-state index is -0.215. The first-order valence-electron chi connectivity index (χ1n) is 6.54. The molecule has 2 aromatic rings. The molecule has 3 rings (SSSR count). The molecule has 2 heterocycles. The SMILES string of the molecule is COC1(CNc2ccc3ccccc3n2)CCOC1. The maximum absolute atomic E-state index is 5.59. The van der Waals surface area contributed by atoms with Gasteiger partial charge in [0.15, 0.2) is 0 Å². The number of pyridine rings is 1. The fourth-order valence-corrected chi connectivity index (χ4v) is 2.38. The zero-order valence-corrected chi connectivity index (χ0v) is 11.1. The van der Waals surface area contributed by atoms with Gasteiger partial charge >= 0.3 is 0 Å².